The first kappa shape index (κ1) is 24.8. The number of amides is 1. The van der Waals surface area contributed by atoms with E-state index in [1.165, 1.54) is 37.7 Å². The van der Waals surface area contributed by atoms with Gasteiger partial charge in [-0.1, -0.05) is 35.2 Å². The Bertz CT molecular complexity index is 979. The molecule has 0 spiro atoms. The number of hydrogen-bond donors (Lipinski definition) is 1. The topological polar surface area (TPSA) is 70.6 Å². The molecule has 0 aromatic carbocycles. The summed E-state index contributed by atoms with van der Waals surface area (Å²) in [5.41, 5.74) is 2.69. The van der Waals surface area contributed by atoms with E-state index in [0.29, 0.717) is 19.1 Å². The average Bonchev–Trinajstić information content (AvgIpc) is 2.83. The lowest BCUT2D eigenvalue weighted by Gasteiger charge is -2.36. The Kier molecular flexibility index (Phi) is 7.96. The number of halogens is 1. The minimum atomic E-state index is -0.482. The van der Waals surface area contributed by atoms with Crippen LogP contribution in [0.3, 0.4) is 0 Å². The second-order valence-corrected chi connectivity index (χ2v) is 10.8. The number of hydrogen-bond acceptors (Lipinski definition) is 6. The van der Waals surface area contributed by atoms with E-state index in [1.54, 1.807) is 4.90 Å². The molecule has 2 aromatic heterocycles. The lowest BCUT2D eigenvalue weighted by molar-refractivity contribution is 0.0240. The van der Waals surface area contributed by atoms with E-state index >= 15 is 0 Å². The van der Waals surface area contributed by atoms with E-state index in [-0.39, 0.29) is 6.09 Å². The van der Waals surface area contributed by atoms with Crippen molar-refractivity contribution in [2.45, 2.75) is 69.8 Å². The van der Waals surface area contributed by atoms with Gasteiger partial charge in [-0.15, -0.1) is 0 Å². The van der Waals surface area contributed by atoms with Gasteiger partial charge in [-0.2, -0.15) is 0 Å². The molecule has 3 heterocycles. The predicted octanol–water partition coefficient (Wildman–Crippen LogP) is 5.84. The fraction of sp³-hybridized carbons (Fsp3) is 0.577. The predicted molar refractivity (Wildman–Crippen MR) is 141 cm³/mol. The first-order valence-electron chi connectivity index (χ1n) is 12.3. The highest BCUT2D eigenvalue weighted by atomic mass is 79.9. The Morgan fingerprint density at radius 2 is 1.85 bits per heavy atom. The normalized spacial score (nSPS) is 17.5. The molecule has 0 bridgehead atoms. The van der Waals surface area contributed by atoms with Gasteiger partial charge in [0.05, 0.1) is 5.69 Å². The molecule has 2 aliphatic rings. The zero-order valence-corrected chi connectivity index (χ0v) is 22.1. The largest absolute Gasteiger partial charge is 0.444 e. The van der Waals surface area contributed by atoms with Crippen LogP contribution in [0.5, 0.6) is 0 Å². The lowest BCUT2D eigenvalue weighted by atomic mass is 9.95. The first-order chi connectivity index (χ1) is 16.3. The highest BCUT2D eigenvalue weighted by Crippen LogP contribution is 2.28. The van der Waals surface area contributed by atoms with Crippen molar-refractivity contribution in [1.82, 2.24) is 14.9 Å². The zero-order chi connectivity index (χ0) is 24.1. The third-order valence-corrected chi connectivity index (χ3v) is 6.94. The number of ether oxygens (including phenoxy) is 1. The molecule has 1 aliphatic carbocycles. The molecule has 0 radical (unpaired) electrons. The van der Waals surface area contributed by atoms with Crippen LogP contribution in [0.2, 0.25) is 0 Å². The van der Waals surface area contributed by atoms with E-state index in [1.807, 2.05) is 33.0 Å². The molecule has 2 fully saturated rings. The Hall–Kier alpha value is -2.35. The van der Waals surface area contributed by atoms with Crippen LogP contribution in [0.1, 0.15) is 58.4 Å². The van der Waals surface area contributed by atoms with Crippen molar-refractivity contribution in [1.29, 1.82) is 0 Å². The molecule has 0 atom stereocenters. The van der Waals surface area contributed by atoms with E-state index in [2.05, 4.69) is 49.3 Å². The van der Waals surface area contributed by atoms with Crippen LogP contribution in [-0.4, -0.2) is 58.8 Å². The van der Waals surface area contributed by atoms with Gasteiger partial charge < -0.3 is 19.9 Å². The van der Waals surface area contributed by atoms with Crippen LogP contribution in [0.25, 0.3) is 11.3 Å². The van der Waals surface area contributed by atoms with E-state index in [0.717, 1.165) is 41.3 Å². The summed E-state index contributed by atoms with van der Waals surface area (Å²) < 4.78 is 5.53. The molecule has 2 aromatic rings. The van der Waals surface area contributed by atoms with Crippen molar-refractivity contribution in [2.75, 3.05) is 36.4 Å². The number of carbonyl (C=O) groups excluding carboxylic acids is 1. The van der Waals surface area contributed by atoms with E-state index < -0.39 is 5.60 Å². The third-order valence-electron chi connectivity index (χ3n) is 6.29. The highest BCUT2D eigenvalue weighted by Gasteiger charge is 2.26. The molecule has 4 rings (SSSR count). The molecule has 1 saturated carbocycles. The Morgan fingerprint density at radius 1 is 1.12 bits per heavy atom. The molecule has 8 heteroatoms. The number of pyridine rings is 2. The molecule has 1 amide bonds. The fourth-order valence-electron chi connectivity index (χ4n) is 4.53. The maximum Gasteiger partial charge on any atom is 0.410 e. The average molecular weight is 531 g/mol. The van der Waals surface area contributed by atoms with Gasteiger partial charge in [-0.05, 0) is 63.4 Å². The summed E-state index contributed by atoms with van der Waals surface area (Å²) in [4.78, 5) is 26.0. The lowest BCUT2D eigenvalue weighted by Crippen LogP contribution is -2.50. The van der Waals surface area contributed by atoms with E-state index in [4.69, 9.17) is 9.72 Å². The monoisotopic (exact) mass is 529 g/mol. The minimum Gasteiger partial charge on any atom is -0.444 e. The molecule has 1 N–H and O–H groups in total. The first-order valence-corrected chi connectivity index (χ1v) is 13.5. The summed E-state index contributed by atoms with van der Waals surface area (Å²) in [6, 6.07) is 8.91. The molecular weight excluding hydrogens is 494 g/mol. The quantitative estimate of drug-likeness (QED) is 0.490. The van der Waals surface area contributed by atoms with E-state index in [9.17, 15) is 4.79 Å². The number of nitrogens with zero attached hydrogens (tertiary/aromatic N) is 4. The molecular formula is C26H36BrN5O2. The summed E-state index contributed by atoms with van der Waals surface area (Å²) in [6.07, 6.45) is 7.95. The Morgan fingerprint density at radius 3 is 2.53 bits per heavy atom. The smallest absolute Gasteiger partial charge is 0.410 e. The van der Waals surface area contributed by atoms with Crippen molar-refractivity contribution in [3.05, 3.63) is 36.0 Å². The summed E-state index contributed by atoms with van der Waals surface area (Å²) in [6.45, 7) is 8.38. The van der Waals surface area contributed by atoms with Gasteiger partial charge >= 0.3 is 6.09 Å². The maximum atomic E-state index is 12.4. The number of alkyl halides is 1. The second-order valence-electron chi connectivity index (χ2n) is 10.2. The SMILES string of the molecule is CC(C)(C)OC(=O)N1CCN(c2cc(CBr)cc(-c3ccnc(NC4CCCCC4)c3)n2)CC1. The summed E-state index contributed by atoms with van der Waals surface area (Å²) in [5.74, 6) is 1.86. The standard InChI is InChI=1S/C26H36BrN5O2/c1-26(2,3)34-25(33)32-13-11-31(12-14-32)24-16-19(18-27)15-22(30-24)20-9-10-28-23(17-20)29-21-7-5-4-6-8-21/h9-10,15-17,21H,4-8,11-14,18H2,1-3H3,(H,28,29). The van der Waals surface area contributed by atoms with Crippen molar-refractivity contribution < 1.29 is 9.53 Å². The highest BCUT2D eigenvalue weighted by molar-refractivity contribution is 9.08. The number of carbonyl (C=O) groups is 1. The van der Waals surface area contributed by atoms with Gasteiger partial charge in [-0.3, -0.25) is 0 Å². The maximum absolute atomic E-state index is 12.4. The minimum absolute atomic E-state index is 0.246. The van der Waals surface area contributed by atoms with Crippen molar-refractivity contribution >= 4 is 33.7 Å². The summed E-state index contributed by atoms with van der Waals surface area (Å²) in [7, 11) is 0. The fourth-order valence-corrected chi connectivity index (χ4v) is 4.85. The van der Waals surface area contributed by atoms with Crippen LogP contribution in [-0.2, 0) is 10.1 Å². The molecule has 1 saturated heterocycles. The number of piperazine rings is 1. The third kappa shape index (κ3) is 6.62. The number of aromatic nitrogens is 2. The zero-order valence-electron chi connectivity index (χ0n) is 20.5. The molecule has 1 aliphatic heterocycles. The van der Waals surface area contributed by atoms with Gasteiger partial charge in [-0.25, -0.2) is 14.8 Å². The van der Waals surface area contributed by atoms with Gasteiger partial charge in [0.1, 0.15) is 17.2 Å². The van der Waals surface area contributed by atoms with Crippen LogP contribution in [0.15, 0.2) is 30.5 Å². The molecule has 184 valence electrons. The van der Waals surface area contributed by atoms with Gasteiger partial charge in [0.15, 0.2) is 0 Å². The van der Waals surface area contributed by atoms with Crippen LogP contribution in [0.4, 0.5) is 16.4 Å². The van der Waals surface area contributed by atoms with Gasteiger partial charge in [0, 0.05) is 49.3 Å². The van der Waals surface area contributed by atoms with Crippen molar-refractivity contribution in [3.8, 4) is 11.3 Å². The van der Waals surface area contributed by atoms with Crippen molar-refractivity contribution in [3.63, 3.8) is 0 Å². The second kappa shape index (κ2) is 10.9. The Balaban J connectivity index is 1.47. The summed E-state index contributed by atoms with van der Waals surface area (Å²) >= 11 is 3.62. The van der Waals surface area contributed by atoms with Gasteiger partial charge in [0.25, 0.3) is 0 Å². The van der Waals surface area contributed by atoms with Crippen molar-refractivity contribution in [2.24, 2.45) is 0 Å². The molecule has 0 unspecified atom stereocenters. The molecule has 7 nitrogen and oxygen atoms in total. The summed E-state index contributed by atoms with van der Waals surface area (Å²) in [5, 5.41) is 4.38. The number of nitrogens with one attached hydrogen (secondary N) is 1. The number of rotatable bonds is 5. The van der Waals surface area contributed by atoms with Crippen LogP contribution < -0.4 is 10.2 Å². The number of anilines is 2. The van der Waals surface area contributed by atoms with Crippen LogP contribution in [0, 0.1) is 0 Å². The Labute approximate surface area is 211 Å². The van der Waals surface area contributed by atoms with Crippen LogP contribution >= 0.6 is 15.9 Å². The molecule has 34 heavy (non-hydrogen) atoms. The van der Waals surface area contributed by atoms with Gasteiger partial charge in [0.2, 0.25) is 0 Å².